The Labute approximate surface area is 223 Å². The fourth-order valence-corrected chi connectivity index (χ4v) is 3.96. The van der Waals surface area contributed by atoms with E-state index in [-0.39, 0.29) is 12.5 Å². The van der Waals surface area contributed by atoms with Gasteiger partial charge in [0.25, 0.3) is 11.8 Å². The Morgan fingerprint density at radius 2 is 1.92 bits per heavy atom. The number of rotatable bonds is 9. The Morgan fingerprint density at radius 1 is 1.14 bits per heavy atom. The maximum atomic E-state index is 12.7. The van der Waals surface area contributed by atoms with Gasteiger partial charge in [0.05, 0.1) is 22.3 Å². The highest BCUT2D eigenvalue weighted by Gasteiger charge is 2.24. The molecule has 9 heteroatoms. The summed E-state index contributed by atoms with van der Waals surface area (Å²) in [5.41, 5.74) is 4.93. The maximum absolute atomic E-state index is 12.7. The van der Waals surface area contributed by atoms with E-state index in [2.05, 4.69) is 37.8 Å². The number of hydrogen-bond acceptors (Lipinski definition) is 5. The van der Waals surface area contributed by atoms with Crippen molar-refractivity contribution in [3.05, 3.63) is 98.5 Å². The van der Waals surface area contributed by atoms with E-state index in [1.54, 1.807) is 42.5 Å². The topological polar surface area (TPSA) is 104 Å². The Kier molecular flexibility index (Phi) is 9.62. The molecule has 3 rings (SSSR count). The summed E-state index contributed by atoms with van der Waals surface area (Å²) in [6.07, 6.45) is 1.49. The van der Waals surface area contributed by atoms with Gasteiger partial charge in [-0.2, -0.15) is 10.4 Å². The number of ether oxygens (including phenoxy) is 1. The number of carbonyl (C=O) groups excluding carboxylic acids is 2. The first-order valence-corrected chi connectivity index (χ1v) is 12.2. The van der Waals surface area contributed by atoms with Crippen LogP contribution in [0.1, 0.15) is 40.9 Å². The number of nitrogens with one attached hydrogen (secondary N) is 2. The molecule has 1 atom stereocenters. The molecule has 0 aromatic heterocycles. The van der Waals surface area contributed by atoms with Crippen LogP contribution in [-0.4, -0.2) is 24.1 Å². The quantitative estimate of drug-likeness (QED) is 0.265. The van der Waals surface area contributed by atoms with Crippen molar-refractivity contribution in [3.63, 3.8) is 0 Å². The molecule has 0 radical (unpaired) electrons. The molecule has 184 valence electrons. The molecular weight excluding hydrogens is 544 g/mol. The minimum atomic E-state index is -0.785. The number of halogens is 2. The van der Waals surface area contributed by atoms with Gasteiger partial charge in [-0.05, 0) is 69.9 Å². The molecule has 0 saturated heterocycles. The molecule has 3 aromatic carbocycles. The Balaban J connectivity index is 1.59. The molecule has 1 unspecified atom stereocenters. The van der Waals surface area contributed by atoms with Crippen molar-refractivity contribution in [2.45, 2.75) is 26.5 Å². The van der Waals surface area contributed by atoms with Gasteiger partial charge in [-0.3, -0.25) is 9.59 Å². The molecule has 3 aromatic rings. The third kappa shape index (κ3) is 7.41. The lowest BCUT2D eigenvalue weighted by atomic mass is 10.0. The van der Waals surface area contributed by atoms with Crippen molar-refractivity contribution in [1.82, 2.24) is 10.7 Å². The lowest BCUT2D eigenvalue weighted by Crippen LogP contribution is -2.48. The summed E-state index contributed by atoms with van der Waals surface area (Å²) in [4.78, 5) is 25.2. The second kappa shape index (κ2) is 12.9. The maximum Gasteiger partial charge on any atom is 0.262 e. The van der Waals surface area contributed by atoms with Crippen LogP contribution >= 0.6 is 27.5 Å². The average Bonchev–Trinajstić information content (AvgIpc) is 2.86. The minimum Gasteiger partial charge on any atom is -0.488 e. The molecule has 7 nitrogen and oxygen atoms in total. The first-order valence-electron chi connectivity index (χ1n) is 11.1. The summed E-state index contributed by atoms with van der Waals surface area (Å²) >= 11 is 9.43. The lowest BCUT2D eigenvalue weighted by molar-refractivity contribution is -0.123. The number of nitriles is 1. The van der Waals surface area contributed by atoms with Crippen LogP contribution in [0, 0.1) is 17.2 Å². The van der Waals surface area contributed by atoms with E-state index in [9.17, 15) is 14.9 Å². The van der Waals surface area contributed by atoms with E-state index >= 15 is 0 Å². The van der Waals surface area contributed by atoms with Crippen molar-refractivity contribution < 1.29 is 14.3 Å². The highest BCUT2D eigenvalue weighted by molar-refractivity contribution is 9.10. The molecule has 0 aliphatic heterocycles. The summed E-state index contributed by atoms with van der Waals surface area (Å²) in [5.74, 6) is -0.397. The zero-order valence-electron chi connectivity index (χ0n) is 19.7. The first-order chi connectivity index (χ1) is 17.3. The minimum absolute atomic E-state index is 0.167. The standard InChI is InChI=1S/C27H24BrClN4O3/c1-17(2)25(32-26(34)19-8-5-9-22(29)13-19)27(35)33-31-15-18-10-11-24(23(28)12-18)36-16-21-7-4-3-6-20(21)14-30/h3-13,15,17,25H,16H2,1-2H3,(H,32,34)(H,33,35)/b31-15+. The number of nitrogens with zero attached hydrogens (tertiary/aromatic N) is 2. The Hall–Kier alpha value is -3.67. The van der Waals surface area contributed by atoms with Gasteiger partial charge in [0.2, 0.25) is 0 Å². The van der Waals surface area contributed by atoms with Gasteiger partial charge in [-0.15, -0.1) is 0 Å². The molecule has 0 spiro atoms. The Bertz CT molecular complexity index is 1320. The number of hydrazone groups is 1. The summed E-state index contributed by atoms with van der Waals surface area (Å²) in [7, 11) is 0. The molecular formula is C27H24BrClN4O3. The Morgan fingerprint density at radius 3 is 2.61 bits per heavy atom. The van der Waals surface area contributed by atoms with Gasteiger partial charge in [0.1, 0.15) is 18.4 Å². The van der Waals surface area contributed by atoms with Crippen molar-refractivity contribution >= 4 is 45.6 Å². The SMILES string of the molecule is CC(C)C(NC(=O)c1cccc(Cl)c1)C(=O)N/N=C/c1ccc(OCc2ccccc2C#N)c(Br)c1. The molecule has 0 saturated carbocycles. The third-order valence-corrected chi connectivity index (χ3v) is 6.04. The van der Waals surface area contributed by atoms with E-state index < -0.39 is 17.9 Å². The first kappa shape index (κ1) is 26.9. The molecule has 0 fully saturated rings. The zero-order chi connectivity index (χ0) is 26.1. The number of hydrogen-bond donors (Lipinski definition) is 2. The third-order valence-electron chi connectivity index (χ3n) is 5.19. The molecule has 0 heterocycles. The van der Waals surface area contributed by atoms with Crippen LogP contribution in [-0.2, 0) is 11.4 Å². The summed E-state index contributed by atoms with van der Waals surface area (Å²) in [5, 5.41) is 16.4. The fourth-order valence-electron chi connectivity index (χ4n) is 3.25. The van der Waals surface area contributed by atoms with E-state index in [0.717, 1.165) is 11.1 Å². The van der Waals surface area contributed by atoms with Crippen molar-refractivity contribution in [1.29, 1.82) is 5.26 Å². The number of carbonyl (C=O) groups is 2. The van der Waals surface area contributed by atoms with Gasteiger partial charge in [0.15, 0.2) is 0 Å². The van der Waals surface area contributed by atoms with Crippen molar-refractivity contribution in [2.75, 3.05) is 0 Å². The van der Waals surface area contributed by atoms with Gasteiger partial charge < -0.3 is 10.1 Å². The van der Waals surface area contributed by atoms with Gasteiger partial charge in [0, 0.05) is 16.1 Å². The van der Waals surface area contributed by atoms with Crippen LogP contribution in [0.3, 0.4) is 0 Å². The summed E-state index contributed by atoms with van der Waals surface area (Å²) in [6, 6.07) is 20.5. The predicted octanol–water partition coefficient (Wildman–Crippen LogP) is 5.46. The van der Waals surface area contributed by atoms with E-state index in [1.807, 2.05) is 32.0 Å². The average molecular weight is 568 g/mol. The molecule has 0 aliphatic carbocycles. The molecule has 0 aliphatic rings. The van der Waals surface area contributed by atoms with Crippen LogP contribution in [0.5, 0.6) is 5.75 Å². The molecule has 2 N–H and O–H groups in total. The van der Waals surface area contributed by atoms with E-state index in [1.165, 1.54) is 12.3 Å². The smallest absolute Gasteiger partial charge is 0.262 e. The highest BCUT2D eigenvalue weighted by atomic mass is 79.9. The largest absolute Gasteiger partial charge is 0.488 e. The van der Waals surface area contributed by atoms with Crippen molar-refractivity contribution in [2.24, 2.45) is 11.0 Å². The monoisotopic (exact) mass is 566 g/mol. The van der Waals surface area contributed by atoms with E-state index in [0.29, 0.717) is 26.4 Å². The van der Waals surface area contributed by atoms with Gasteiger partial charge in [-0.25, -0.2) is 5.43 Å². The highest BCUT2D eigenvalue weighted by Crippen LogP contribution is 2.26. The van der Waals surface area contributed by atoms with E-state index in [4.69, 9.17) is 16.3 Å². The summed E-state index contributed by atoms with van der Waals surface area (Å²) in [6.45, 7) is 3.91. The summed E-state index contributed by atoms with van der Waals surface area (Å²) < 4.78 is 6.54. The zero-order valence-corrected chi connectivity index (χ0v) is 22.0. The molecule has 2 amide bonds. The second-order valence-electron chi connectivity index (χ2n) is 8.19. The normalized spacial score (nSPS) is 11.7. The van der Waals surface area contributed by atoms with Crippen LogP contribution in [0.2, 0.25) is 5.02 Å². The lowest BCUT2D eigenvalue weighted by Gasteiger charge is -2.20. The van der Waals surface area contributed by atoms with Crippen LogP contribution in [0.25, 0.3) is 0 Å². The van der Waals surface area contributed by atoms with Crippen LogP contribution in [0.4, 0.5) is 0 Å². The second-order valence-corrected chi connectivity index (χ2v) is 9.48. The number of amides is 2. The van der Waals surface area contributed by atoms with Crippen LogP contribution in [0.15, 0.2) is 76.3 Å². The number of benzene rings is 3. The molecule has 0 bridgehead atoms. The molecule has 36 heavy (non-hydrogen) atoms. The van der Waals surface area contributed by atoms with Crippen LogP contribution < -0.4 is 15.5 Å². The predicted molar refractivity (Wildman–Crippen MR) is 143 cm³/mol. The van der Waals surface area contributed by atoms with Gasteiger partial charge >= 0.3 is 0 Å². The van der Waals surface area contributed by atoms with Gasteiger partial charge in [-0.1, -0.05) is 49.7 Å². The fraction of sp³-hybridized carbons (Fsp3) is 0.185. The van der Waals surface area contributed by atoms with Crippen molar-refractivity contribution in [3.8, 4) is 11.8 Å².